The fourth-order valence-electron chi connectivity index (χ4n) is 5.17. The summed E-state index contributed by atoms with van der Waals surface area (Å²) in [5.74, 6) is 1.01. The molecule has 1 aromatic heterocycles. The van der Waals surface area contributed by atoms with Gasteiger partial charge in [0.05, 0.1) is 11.2 Å². The van der Waals surface area contributed by atoms with Crippen molar-refractivity contribution in [3.8, 4) is 5.75 Å². The highest BCUT2D eigenvalue weighted by molar-refractivity contribution is 6.78. The monoisotopic (exact) mass is 470 g/mol. The van der Waals surface area contributed by atoms with E-state index in [1.54, 1.807) is 0 Å². The van der Waals surface area contributed by atoms with Crippen molar-refractivity contribution >= 4 is 20.9 Å². The molecule has 2 aromatic rings. The van der Waals surface area contributed by atoms with Crippen LogP contribution in [0.3, 0.4) is 0 Å². The van der Waals surface area contributed by atoms with Crippen LogP contribution in [0.15, 0.2) is 36.7 Å². The Balaban J connectivity index is 1.68. The van der Waals surface area contributed by atoms with Gasteiger partial charge in [0, 0.05) is 24.4 Å². The second-order valence-electron chi connectivity index (χ2n) is 11.4. The van der Waals surface area contributed by atoms with E-state index in [1.807, 2.05) is 17.1 Å². The Labute approximate surface area is 202 Å². The summed E-state index contributed by atoms with van der Waals surface area (Å²) in [6, 6.07) is 8.62. The van der Waals surface area contributed by atoms with Gasteiger partial charge in [-0.2, -0.15) is 5.10 Å². The Kier molecular flexibility index (Phi) is 7.57. The van der Waals surface area contributed by atoms with Crippen molar-refractivity contribution in [2.24, 2.45) is 0 Å². The highest BCUT2D eigenvalue weighted by Crippen LogP contribution is 2.42. The average Bonchev–Trinajstić information content (AvgIpc) is 3.26. The summed E-state index contributed by atoms with van der Waals surface area (Å²) in [5.41, 5.74) is 3.20. The summed E-state index contributed by atoms with van der Waals surface area (Å²) in [7, 11) is -2.33. The van der Waals surface area contributed by atoms with Crippen LogP contribution >= 0.6 is 0 Å². The summed E-state index contributed by atoms with van der Waals surface area (Å²) in [6.07, 6.45) is 4.79. The molecule has 0 radical (unpaired) electrons. The molecule has 7 heteroatoms. The minimum atomic E-state index is -1.96. The van der Waals surface area contributed by atoms with Crippen molar-refractivity contribution in [1.82, 2.24) is 9.78 Å². The van der Waals surface area contributed by atoms with Crippen molar-refractivity contribution in [2.75, 3.05) is 0 Å². The summed E-state index contributed by atoms with van der Waals surface area (Å²) >= 11 is 0. The number of benzene rings is 1. The third-order valence-corrected chi connectivity index (χ3v) is 13.7. The fourth-order valence-corrected chi connectivity index (χ4v) is 10.4. The molecule has 5 nitrogen and oxygen atoms in total. The molecule has 1 aromatic carbocycles. The van der Waals surface area contributed by atoms with Crippen molar-refractivity contribution in [3.63, 3.8) is 0 Å². The summed E-state index contributed by atoms with van der Waals surface area (Å²) < 4.78 is 21.2. The first kappa shape index (κ1) is 26.0. The van der Waals surface area contributed by atoms with Crippen molar-refractivity contribution < 1.29 is 13.7 Å². The largest absolute Gasteiger partial charge is 0.543 e. The van der Waals surface area contributed by atoms with Crippen LogP contribution in [0.4, 0.5) is 0 Å². The number of hydrogen-bond donors (Lipinski definition) is 0. The van der Waals surface area contributed by atoms with Crippen LogP contribution < -0.4 is 9.89 Å². The summed E-state index contributed by atoms with van der Waals surface area (Å²) in [6.45, 7) is 23.0. The highest BCUT2D eigenvalue weighted by Gasteiger charge is 2.52. The molecule has 0 atom stereocenters. The lowest BCUT2D eigenvalue weighted by molar-refractivity contribution is 0.00578. The van der Waals surface area contributed by atoms with Gasteiger partial charge in [0.25, 0.3) is 8.32 Å². The van der Waals surface area contributed by atoms with Gasteiger partial charge in [-0.05, 0) is 68.4 Å². The van der Waals surface area contributed by atoms with Crippen LogP contribution in [0, 0.1) is 0 Å². The van der Waals surface area contributed by atoms with Gasteiger partial charge < -0.3 is 13.7 Å². The molecular weight excluding hydrogens is 427 g/mol. The van der Waals surface area contributed by atoms with E-state index in [2.05, 4.69) is 98.6 Å². The number of aromatic nitrogens is 2. The predicted molar refractivity (Wildman–Crippen MR) is 140 cm³/mol. The zero-order chi connectivity index (χ0) is 24.6. The van der Waals surface area contributed by atoms with Crippen LogP contribution in [-0.2, 0) is 22.3 Å². The summed E-state index contributed by atoms with van der Waals surface area (Å²) in [5, 5.41) is 4.56. The van der Waals surface area contributed by atoms with Crippen molar-refractivity contribution in [2.45, 2.75) is 110 Å². The first-order valence-corrected chi connectivity index (χ1v) is 14.6. The van der Waals surface area contributed by atoms with Crippen molar-refractivity contribution in [1.29, 1.82) is 0 Å². The third kappa shape index (κ3) is 5.25. The molecule has 0 amide bonds. The zero-order valence-corrected chi connectivity index (χ0v) is 23.3. The maximum absolute atomic E-state index is 6.87. The molecule has 33 heavy (non-hydrogen) atoms. The molecule has 0 aliphatic carbocycles. The van der Waals surface area contributed by atoms with Crippen LogP contribution in [0.25, 0.3) is 0 Å². The standard InChI is InChI=1S/C26H43BN2O3Si/c1-19(2)33(20(3)4,21(5)6)30-24-13-11-12-22(16-24)14-15-29-18-23(17-28-29)27-31-25(7,8)26(9,10)32-27/h11-13,16-21H,14-15H2,1-10H3. The molecule has 1 aliphatic rings. The van der Waals surface area contributed by atoms with E-state index in [-0.39, 0.29) is 18.3 Å². The Morgan fingerprint density at radius 2 is 1.55 bits per heavy atom. The normalized spacial score (nSPS) is 18.0. The molecule has 0 N–H and O–H groups in total. The van der Waals surface area contributed by atoms with Gasteiger partial charge >= 0.3 is 7.12 Å². The smallest absolute Gasteiger partial charge is 0.498 e. The van der Waals surface area contributed by atoms with E-state index < -0.39 is 8.32 Å². The molecule has 0 unspecified atom stereocenters. The van der Waals surface area contributed by atoms with Crippen LogP contribution in [-0.4, -0.2) is 36.4 Å². The Hall–Kier alpha value is -1.57. The molecule has 1 fully saturated rings. The molecule has 3 rings (SSSR count). The lowest BCUT2D eigenvalue weighted by Gasteiger charge is -2.42. The minimum Gasteiger partial charge on any atom is -0.543 e. The van der Waals surface area contributed by atoms with Crippen molar-refractivity contribution in [3.05, 3.63) is 42.2 Å². The predicted octanol–water partition coefficient (Wildman–Crippen LogP) is 5.98. The van der Waals surface area contributed by atoms with Gasteiger partial charge in [-0.15, -0.1) is 0 Å². The molecule has 2 heterocycles. The van der Waals surface area contributed by atoms with Gasteiger partial charge in [-0.25, -0.2) is 0 Å². The van der Waals surface area contributed by atoms with Gasteiger partial charge in [-0.3, -0.25) is 4.68 Å². The highest BCUT2D eigenvalue weighted by atomic mass is 28.4. The van der Waals surface area contributed by atoms with Crippen LogP contribution in [0.5, 0.6) is 5.75 Å². The van der Waals surface area contributed by atoms with Gasteiger partial charge in [0.15, 0.2) is 0 Å². The molecule has 1 aliphatic heterocycles. The maximum atomic E-state index is 6.87. The van der Waals surface area contributed by atoms with Gasteiger partial charge in [0.1, 0.15) is 5.75 Å². The zero-order valence-electron chi connectivity index (χ0n) is 22.3. The van der Waals surface area contributed by atoms with E-state index in [0.29, 0.717) is 16.6 Å². The lowest BCUT2D eigenvalue weighted by atomic mass is 9.82. The lowest BCUT2D eigenvalue weighted by Crippen LogP contribution is -2.50. The first-order chi connectivity index (χ1) is 15.3. The topological polar surface area (TPSA) is 45.5 Å². The molecule has 0 spiro atoms. The molecular formula is C26H43BN2O3Si. The van der Waals surface area contributed by atoms with Gasteiger partial charge in [-0.1, -0.05) is 53.7 Å². The molecule has 182 valence electrons. The third-order valence-electron chi connectivity index (χ3n) is 7.71. The molecule has 0 saturated carbocycles. The quantitative estimate of drug-likeness (QED) is 0.423. The number of nitrogens with zero attached hydrogens (tertiary/aromatic N) is 2. The first-order valence-electron chi connectivity index (χ1n) is 12.4. The van der Waals surface area contributed by atoms with E-state index >= 15 is 0 Å². The second kappa shape index (κ2) is 9.59. The number of rotatable bonds is 9. The Morgan fingerprint density at radius 3 is 2.09 bits per heavy atom. The molecule has 1 saturated heterocycles. The summed E-state index contributed by atoms with van der Waals surface area (Å²) in [4.78, 5) is 0. The maximum Gasteiger partial charge on any atom is 0.498 e. The van der Waals surface area contributed by atoms with E-state index in [1.165, 1.54) is 5.56 Å². The Bertz CT molecular complexity index is 901. The minimum absolute atomic E-state index is 0.347. The van der Waals surface area contributed by atoms with E-state index in [9.17, 15) is 0 Å². The SMILES string of the molecule is CC(C)[Si](Oc1cccc(CCn2cc(B3OC(C)(C)C(C)(C)O3)cn2)c1)(C(C)C)C(C)C. The van der Waals surface area contributed by atoms with Gasteiger partial charge in [0.2, 0.25) is 0 Å². The van der Waals surface area contributed by atoms with Crippen LogP contribution in [0.2, 0.25) is 16.6 Å². The average molecular weight is 471 g/mol. The second-order valence-corrected chi connectivity index (χ2v) is 16.8. The molecule has 0 bridgehead atoms. The van der Waals surface area contributed by atoms with Crippen LogP contribution in [0.1, 0.15) is 74.8 Å². The number of aryl methyl sites for hydroxylation is 2. The number of hydrogen-bond acceptors (Lipinski definition) is 4. The van der Waals surface area contributed by atoms with E-state index in [4.69, 9.17) is 13.7 Å². The Morgan fingerprint density at radius 1 is 0.970 bits per heavy atom. The van der Waals surface area contributed by atoms with E-state index in [0.717, 1.165) is 24.2 Å². The fraction of sp³-hybridized carbons (Fsp3) is 0.654.